The molecule has 18 heavy (non-hydrogen) atoms. The Morgan fingerprint density at radius 2 is 1.44 bits per heavy atom. The van der Waals surface area contributed by atoms with Gasteiger partial charge in [0.25, 0.3) is 0 Å². The highest BCUT2D eigenvalue weighted by molar-refractivity contribution is 7.92. The molecule has 0 aromatic heterocycles. The SMILES string of the molecule is CS(C)(=O)=Nc1ccc(Oc2ccccc2)cc1. The van der Waals surface area contributed by atoms with Crippen molar-refractivity contribution in [2.45, 2.75) is 0 Å². The first kappa shape index (κ1) is 12.6. The second-order valence-corrected chi connectivity index (χ2v) is 6.73. The third kappa shape index (κ3) is 3.89. The van der Waals surface area contributed by atoms with Crippen LogP contribution in [0.25, 0.3) is 0 Å². The summed E-state index contributed by atoms with van der Waals surface area (Å²) in [5.41, 5.74) is 0.699. The Morgan fingerprint density at radius 1 is 0.889 bits per heavy atom. The molecule has 0 aliphatic heterocycles. The van der Waals surface area contributed by atoms with Gasteiger partial charge in [-0.3, -0.25) is 0 Å². The van der Waals surface area contributed by atoms with Crippen LogP contribution in [0.3, 0.4) is 0 Å². The van der Waals surface area contributed by atoms with E-state index in [4.69, 9.17) is 4.74 Å². The van der Waals surface area contributed by atoms with Gasteiger partial charge in [0.05, 0.1) is 5.69 Å². The van der Waals surface area contributed by atoms with Gasteiger partial charge < -0.3 is 4.74 Å². The lowest BCUT2D eigenvalue weighted by molar-refractivity contribution is 0.483. The molecular weight excluding hydrogens is 246 g/mol. The van der Waals surface area contributed by atoms with E-state index in [1.54, 1.807) is 24.6 Å². The summed E-state index contributed by atoms with van der Waals surface area (Å²) in [6.45, 7) is 0. The summed E-state index contributed by atoms with van der Waals surface area (Å²) in [6.07, 6.45) is 3.22. The predicted molar refractivity (Wildman–Crippen MR) is 75.0 cm³/mol. The molecule has 0 atom stereocenters. The van der Waals surface area contributed by atoms with Gasteiger partial charge in [0, 0.05) is 22.2 Å². The zero-order valence-electron chi connectivity index (χ0n) is 10.4. The first-order valence-corrected chi connectivity index (χ1v) is 7.86. The number of ether oxygens (including phenoxy) is 1. The van der Waals surface area contributed by atoms with Crippen LogP contribution >= 0.6 is 0 Å². The standard InChI is InChI=1S/C14H15NO2S/c1-18(2,16)15-12-8-10-14(11-9-12)17-13-6-4-3-5-7-13/h3-11H,1-2H3. The van der Waals surface area contributed by atoms with Crippen LogP contribution in [-0.2, 0) is 9.73 Å². The molecule has 0 aliphatic rings. The van der Waals surface area contributed by atoms with Gasteiger partial charge >= 0.3 is 0 Å². The zero-order chi connectivity index (χ0) is 13.0. The topological polar surface area (TPSA) is 38.7 Å². The Hall–Kier alpha value is -1.81. The molecule has 0 saturated carbocycles. The van der Waals surface area contributed by atoms with Gasteiger partial charge in [-0.1, -0.05) is 18.2 Å². The summed E-state index contributed by atoms with van der Waals surface area (Å²) >= 11 is 0. The monoisotopic (exact) mass is 261 g/mol. The number of para-hydroxylation sites is 1. The lowest BCUT2D eigenvalue weighted by Crippen LogP contribution is -1.89. The van der Waals surface area contributed by atoms with Gasteiger partial charge in [-0.05, 0) is 36.4 Å². The molecule has 94 valence electrons. The minimum atomic E-state index is -2.11. The van der Waals surface area contributed by atoms with E-state index in [2.05, 4.69) is 4.36 Å². The molecule has 2 aromatic carbocycles. The van der Waals surface area contributed by atoms with Crippen LogP contribution in [0.1, 0.15) is 0 Å². The van der Waals surface area contributed by atoms with Gasteiger partial charge in [0.2, 0.25) is 0 Å². The average molecular weight is 261 g/mol. The first-order chi connectivity index (χ1) is 8.53. The van der Waals surface area contributed by atoms with Crippen LogP contribution < -0.4 is 4.74 Å². The third-order valence-corrected chi connectivity index (χ3v) is 2.79. The van der Waals surface area contributed by atoms with E-state index in [0.717, 1.165) is 11.5 Å². The van der Waals surface area contributed by atoms with Crippen LogP contribution in [0, 0.1) is 0 Å². The highest BCUT2D eigenvalue weighted by atomic mass is 32.2. The van der Waals surface area contributed by atoms with Crippen molar-refractivity contribution in [1.29, 1.82) is 0 Å². The van der Waals surface area contributed by atoms with Crippen molar-refractivity contribution in [3.63, 3.8) is 0 Å². The Labute approximate surface area is 108 Å². The summed E-state index contributed by atoms with van der Waals surface area (Å²) < 4.78 is 21.3. The summed E-state index contributed by atoms with van der Waals surface area (Å²) in [6, 6.07) is 16.8. The van der Waals surface area contributed by atoms with Crippen LogP contribution in [0.4, 0.5) is 5.69 Å². The van der Waals surface area contributed by atoms with Crippen molar-refractivity contribution in [1.82, 2.24) is 0 Å². The number of nitrogens with zero attached hydrogens (tertiary/aromatic N) is 1. The zero-order valence-corrected chi connectivity index (χ0v) is 11.2. The van der Waals surface area contributed by atoms with E-state index < -0.39 is 9.73 Å². The van der Waals surface area contributed by atoms with Crippen molar-refractivity contribution in [3.05, 3.63) is 54.6 Å². The molecule has 0 spiro atoms. The van der Waals surface area contributed by atoms with Crippen LogP contribution in [-0.4, -0.2) is 16.7 Å². The van der Waals surface area contributed by atoms with Crippen molar-refractivity contribution < 1.29 is 8.95 Å². The van der Waals surface area contributed by atoms with E-state index in [0.29, 0.717) is 5.69 Å². The molecule has 0 radical (unpaired) electrons. The highest BCUT2D eigenvalue weighted by Crippen LogP contribution is 2.24. The molecule has 0 fully saturated rings. The molecule has 3 nitrogen and oxygen atoms in total. The quantitative estimate of drug-likeness (QED) is 0.842. The smallest absolute Gasteiger partial charge is 0.127 e. The maximum absolute atomic E-state index is 11.5. The number of rotatable bonds is 3. The van der Waals surface area contributed by atoms with Crippen LogP contribution in [0.2, 0.25) is 0 Å². The molecule has 0 saturated heterocycles. The molecule has 2 rings (SSSR count). The van der Waals surface area contributed by atoms with E-state index in [9.17, 15) is 4.21 Å². The molecule has 0 aliphatic carbocycles. The van der Waals surface area contributed by atoms with Crippen molar-refractivity contribution in [2.24, 2.45) is 4.36 Å². The van der Waals surface area contributed by atoms with Crippen LogP contribution in [0.5, 0.6) is 11.5 Å². The Balaban J connectivity index is 2.16. The molecular formula is C14H15NO2S. The lowest BCUT2D eigenvalue weighted by Gasteiger charge is -2.05. The van der Waals surface area contributed by atoms with Gasteiger partial charge in [0.1, 0.15) is 11.5 Å². The van der Waals surface area contributed by atoms with Crippen molar-refractivity contribution in [3.8, 4) is 11.5 Å². The molecule has 0 amide bonds. The summed E-state index contributed by atoms with van der Waals surface area (Å²) in [7, 11) is -2.11. The van der Waals surface area contributed by atoms with Gasteiger partial charge in [-0.2, -0.15) is 4.36 Å². The number of hydrogen-bond donors (Lipinski definition) is 0. The highest BCUT2D eigenvalue weighted by Gasteiger charge is 1.98. The lowest BCUT2D eigenvalue weighted by atomic mass is 10.3. The second-order valence-electron chi connectivity index (χ2n) is 4.18. The van der Waals surface area contributed by atoms with Gasteiger partial charge in [-0.25, -0.2) is 4.21 Å². The van der Waals surface area contributed by atoms with Gasteiger partial charge in [-0.15, -0.1) is 0 Å². The summed E-state index contributed by atoms with van der Waals surface area (Å²) in [5.74, 6) is 1.52. The van der Waals surface area contributed by atoms with Gasteiger partial charge in [0.15, 0.2) is 0 Å². The third-order valence-electron chi connectivity index (χ3n) is 2.14. The van der Waals surface area contributed by atoms with E-state index in [1.165, 1.54) is 0 Å². The van der Waals surface area contributed by atoms with E-state index in [1.807, 2.05) is 42.5 Å². The predicted octanol–water partition coefficient (Wildman–Crippen LogP) is 3.84. The fraction of sp³-hybridized carbons (Fsp3) is 0.143. The number of hydrogen-bond acceptors (Lipinski definition) is 3. The minimum Gasteiger partial charge on any atom is -0.457 e. The molecule has 4 heteroatoms. The molecule has 0 heterocycles. The minimum absolute atomic E-state index is 0.699. The Bertz CT molecular complexity index is 619. The average Bonchev–Trinajstić information content (AvgIpc) is 2.31. The van der Waals surface area contributed by atoms with Crippen molar-refractivity contribution >= 4 is 15.4 Å². The maximum Gasteiger partial charge on any atom is 0.127 e. The molecule has 0 unspecified atom stereocenters. The second kappa shape index (κ2) is 5.23. The fourth-order valence-electron chi connectivity index (χ4n) is 1.45. The molecule has 0 bridgehead atoms. The first-order valence-electron chi connectivity index (χ1n) is 5.53. The summed E-state index contributed by atoms with van der Waals surface area (Å²) in [4.78, 5) is 0. The normalized spacial score (nSPS) is 11.0. The van der Waals surface area contributed by atoms with Crippen LogP contribution in [0.15, 0.2) is 59.0 Å². The summed E-state index contributed by atoms with van der Waals surface area (Å²) in [5, 5.41) is 0. The van der Waals surface area contributed by atoms with Crippen molar-refractivity contribution in [2.75, 3.05) is 12.5 Å². The van der Waals surface area contributed by atoms with E-state index >= 15 is 0 Å². The maximum atomic E-state index is 11.5. The number of benzene rings is 2. The van der Waals surface area contributed by atoms with E-state index in [-0.39, 0.29) is 0 Å². The largest absolute Gasteiger partial charge is 0.457 e. The molecule has 0 N–H and O–H groups in total. The fourth-order valence-corrected chi connectivity index (χ4v) is 2.08. The Morgan fingerprint density at radius 3 is 2.00 bits per heavy atom. The molecule has 2 aromatic rings. The Kier molecular flexibility index (Phi) is 3.67.